The van der Waals surface area contributed by atoms with E-state index < -0.39 is 0 Å². The van der Waals surface area contributed by atoms with Crippen LogP contribution in [0.25, 0.3) is 11.0 Å². The van der Waals surface area contributed by atoms with Gasteiger partial charge in [0.15, 0.2) is 0 Å². The first kappa shape index (κ1) is 21.8. The summed E-state index contributed by atoms with van der Waals surface area (Å²) in [7, 11) is 1.94. The number of imidazole rings is 2. The van der Waals surface area contributed by atoms with Gasteiger partial charge in [0.1, 0.15) is 5.78 Å². The number of rotatable bonds is 7. The molecule has 0 atom stereocenters. The van der Waals surface area contributed by atoms with E-state index in [1.165, 1.54) is 0 Å². The molecule has 0 radical (unpaired) electrons. The molecule has 0 saturated carbocycles. The number of anilines is 1. The fourth-order valence-electron chi connectivity index (χ4n) is 4.17. The van der Waals surface area contributed by atoms with Crippen LogP contribution < -0.4 is 5.32 Å². The molecule has 1 fully saturated rings. The van der Waals surface area contributed by atoms with Gasteiger partial charge in [0.05, 0.1) is 35.5 Å². The number of para-hydroxylation sites is 2. The van der Waals surface area contributed by atoms with Crippen LogP contribution in [0.4, 0.5) is 5.95 Å². The van der Waals surface area contributed by atoms with Crippen molar-refractivity contribution < 1.29 is 4.79 Å². The van der Waals surface area contributed by atoms with Gasteiger partial charge in [-0.15, -0.1) is 0 Å². The van der Waals surface area contributed by atoms with Gasteiger partial charge in [0, 0.05) is 32.1 Å². The predicted molar refractivity (Wildman–Crippen MR) is 125 cm³/mol. The number of Topliss-reactive ketones (excluding diaryl/α,β-unsaturated/α-hetero) is 1. The number of nitrogens with zero attached hydrogens (tertiary/aromatic N) is 5. The topological polar surface area (TPSA) is 68.0 Å². The maximum absolute atomic E-state index is 12.1. The number of aromatic nitrogens is 4. The largest absolute Gasteiger partial charge is 0.353 e. The number of fused-ring (bicyclic) bond motifs is 1. The minimum Gasteiger partial charge on any atom is -0.353 e. The minimum atomic E-state index is 0.0970. The highest BCUT2D eigenvalue weighted by Crippen LogP contribution is 2.25. The number of nitrogens with one attached hydrogen (secondary N) is 1. The van der Waals surface area contributed by atoms with Crippen LogP contribution in [0.2, 0.25) is 5.28 Å². The summed E-state index contributed by atoms with van der Waals surface area (Å²) in [5.74, 6) is 1.28. The molecule has 8 heteroatoms. The molecular formula is C23H31ClN6O. The summed E-state index contributed by atoms with van der Waals surface area (Å²) in [6.45, 7) is 8.98. The van der Waals surface area contributed by atoms with E-state index in [0.717, 1.165) is 54.3 Å². The van der Waals surface area contributed by atoms with Crippen LogP contribution >= 0.6 is 11.6 Å². The number of benzene rings is 1. The van der Waals surface area contributed by atoms with Gasteiger partial charge in [-0.1, -0.05) is 26.0 Å². The molecule has 0 amide bonds. The number of halogens is 1. The standard InChI is InChI=1S/C23H31ClN6O/c1-15(2)21(31)14-29-11-9-17(10-12-29)26-23-27-18-7-5-6-8-19(18)30(23)13-20-16(3)25-22(24)28(20)4/h5-8,15,17H,9-14H2,1-4H3,(H,26,27). The third-order valence-electron chi connectivity index (χ3n) is 6.27. The molecule has 4 rings (SSSR count). The lowest BCUT2D eigenvalue weighted by atomic mass is 10.0. The first-order chi connectivity index (χ1) is 14.8. The van der Waals surface area contributed by atoms with Crippen molar-refractivity contribution in [3.63, 3.8) is 0 Å². The quantitative estimate of drug-likeness (QED) is 0.601. The van der Waals surface area contributed by atoms with Crippen LogP contribution in [-0.4, -0.2) is 55.5 Å². The number of piperidine rings is 1. The van der Waals surface area contributed by atoms with E-state index in [4.69, 9.17) is 16.6 Å². The number of carbonyl (C=O) groups is 1. The van der Waals surface area contributed by atoms with Crippen molar-refractivity contribution in [2.24, 2.45) is 13.0 Å². The molecular weight excluding hydrogens is 412 g/mol. The Balaban J connectivity index is 1.52. The lowest BCUT2D eigenvalue weighted by Crippen LogP contribution is -2.42. The Labute approximate surface area is 188 Å². The smallest absolute Gasteiger partial charge is 0.204 e. The molecule has 0 aliphatic carbocycles. The average Bonchev–Trinajstić information content (AvgIpc) is 3.20. The summed E-state index contributed by atoms with van der Waals surface area (Å²) in [6, 6.07) is 8.52. The van der Waals surface area contributed by atoms with Crippen LogP contribution in [0.15, 0.2) is 24.3 Å². The molecule has 7 nitrogen and oxygen atoms in total. The number of likely N-dealkylation sites (tertiary alicyclic amines) is 1. The van der Waals surface area contributed by atoms with Crippen molar-refractivity contribution in [3.8, 4) is 0 Å². The number of aryl methyl sites for hydroxylation is 1. The Kier molecular flexibility index (Phi) is 6.34. The van der Waals surface area contributed by atoms with Crippen molar-refractivity contribution in [1.29, 1.82) is 0 Å². The lowest BCUT2D eigenvalue weighted by molar-refractivity contribution is -0.123. The molecule has 3 aromatic rings. The van der Waals surface area contributed by atoms with Crippen LogP contribution in [-0.2, 0) is 18.4 Å². The Morgan fingerprint density at radius 2 is 1.94 bits per heavy atom. The second-order valence-electron chi connectivity index (χ2n) is 8.80. The van der Waals surface area contributed by atoms with E-state index in [-0.39, 0.29) is 5.92 Å². The van der Waals surface area contributed by atoms with E-state index in [9.17, 15) is 4.79 Å². The normalized spacial score (nSPS) is 15.8. The molecule has 1 saturated heterocycles. The van der Waals surface area contributed by atoms with Gasteiger partial charge in [0.25, 0.3) is 0 Å². The number of hydrogen-bond acceptors (Lipinski definition) is 5. The fourth-order valence-corrected chi connectivity index (χ4v) is 4.40. The van der Waals surface area contributed by atoms with Gasteiger partial charge in [-0.3, -0.25) is 9.69 Å². The summed E-state index contributed by atoms with van der Waals surface area (Å²) in [5.41, 5.74) is 4.05. The molecule has 2 aromatic heterocycles. The van der Waals surface area contributed by atoms with E-state index >= 15 is 0 Å². The lowest BCUT2D eigenvalue weighted by Gasteiger charge is -2.32. The maximum Gasteiger partial charge on any atom is 0.204 e. The van der Waals surface area contributed by atoms with Crippen LogP contribution in [0.5, 0.6) is 0 Å². The molecule has 1 aliphatic heterocycles. The summed E-state index contributed by atoms with van der Waals surface area (Å²) in [4.78, 5) is 23.6. The second-order valence-corrected chi connectivity index (χ2v) is 9.14. The van der Waals surface area contributed by atoms with Gasteiger partial charge in [-0.25, -0.2) is 9.97 Å². The molecule has 166 valence electrons. The van der Waals surface area contributed by atoms with Crippen LogP contribution in [0.1, 0.15) is 38.1 Å². The highest BCUT2D eigenvalue weighted by molar-refractivity contribution is 6.28. The maximum atomic E-state index is 12.1. The van der Waals surface area contributed by atoms with Crippen LogP contribution in [0.3, 0.4) is 0 Å². The van der Waals surface area contributed by atoms with Crippen LogP contribution in [0, 0.1) is 12.8 Å². The van der Waals surface area contributed by atoms with Gasteiger partial charge in [-0.05, 0) is 43.5 Å². The van der Waals surface area contributed by atoms with Gasteiger partial charge in [-0.2, -0.15) is 0 Å². The first-order valence-corrected chi connectivity index (χ1v) is 11.4. The molecule has 0 spiro atoms. The van der Waals surface area contributed by atoms with Gasteiger partial charge in [0.2, 0.25) is 11.2 Å². The third kappa shape index (κ3) is 4.62. The zero-order valence-corrected chi connectivity index (χ0v) is 19.5. The first-order valence-electron chi connectivity index (χ1n) is 11.0. The molecule has 31 heavy (non-hydrogen) atoms. The van der Waals surface area contributed by atoms with E-state index in [1.807, 2.05) is 50.6 Å². The number of hydrogen-bond donors (Lipinski definition) is 1. The Morgan fingerprint density at radius 1 is 1.23 bits per heavy atom. The third-order valence-corrected chi connectivity index (χ3v) is 6.60. The molecule has 1 aromatic carbocycles. The van der Waals surface area contributed by atoms with Crippen molar-refractivity contribution in [1.82, 2.24) is 24.0 Å². The molecule has 0 bridgehead atoms. The fraction of sp³-hybridized carbons (Fsp3) is 0.522. The van der Waals surface area contributed by atoms with E-state index in [2.05, 4.69) is 25.8 Å². The van der Waals surface area contributed by atoms with E-state index in [1.54, 1.807) is 0 Å². The molecule has 1 aliphatic rings. The highest BCUT2D eigenvalue weighted by Gasteiger charge is 2.24. The molecule has 0 unspecified atom stereocenters. The Hall–Kier alpha value is -2.38. The predicted octanol–water partition coefficient (Wildman–Crippen LogP) is 3.88. The Morgan fingerprint density at radius 3 is 2.58 bits per heavy atom. The molecule has 3 heterocycles. The summed E-state index contributed by atoms with van der Waals surface area (Å²) in [6.07, 6.45) is 1.98. The number of ketones is 1. The van der Waals surface area contributed by atoms with Crippen molar-refractivity contribution in [2.45, 2.75) is 46.2 Å². The minimum absolute atomic E-state index is 0.0970. The Bertz CT molecular complexity index is 1080. The van der Waals surface area contributed by atoms with Gasteiger partial charge >= 0.3 is 0 Å². The summed E-state index contributed by atoms with van der Waals surface area (Å²) < 4.78 is 4.14. The highest BCUT2D eigenvalue weighted by atomic mass is 35.5. The van der Waals surface area contributed by atoms with Crippen molar-refractivity contribution in [2.75, 3.05) is 25.0 Å². The SMILES string of the molecule is Cc1nc(Cl)n(C)c1Cn1c(NC2CCN(CC(=O)C(C)C)CC2)nc2ccccc21. The zero-order chi connectivity index (χ0) is 22.1. The monoisotopic (exact) mass is 442 g/mol. The molecule has 1 N–H and O–H groups in total. The van der Waals surface area contributed by atoms with Crippen molar-refractivity contribution in [3.05, 3.63) is 40.9 Å². The number of carbonyl (C=O) groups excluding carboxylic acids is 1. The van der Waals surface area contributed by atoms with E-state index in [0.29, 0.717) is 30.2 Å². The van der Waals surface area contributed by atoms with Gasteiger partial charge < -0.3 is 14.5 Å². The summed E-state index contributed by atoms with van der Waals surface area (Å²) in [5, 5.41) is 4.17. The second kappa shape index (κ2) is 9.01. The summed E-state index contributed by atoms with van der Waals surface area (Å²) >= 11 is 6.24. The average molecular weight is 443 g/mol. The zero-order valence-electron chi connectivity index (χ0n) is 18.7. The van der Waals surface area contributed by atoms with Crippen molar-refractivity contribution >= 4 is 34.4 Å².